The molecule has 0 aromatic carbocycles. The van der Waals surface area contributed by atoms with E-state index in [1.807, 2.05) is 0 Å². The summed E-state index contributed by atoms with van der Waals surface area (Å²) in [5.74, 6) is 0.669. The molecule has 80 valence electrons. The van der Waals surface area contributed by atoms with E-state index in [-0.39, 0.29) is 0 Å². The van der Waals surface area contributed by atoms with E-state index in [1.54, 1.807) is 0 Å². The Bertz CT molecular complexity index is 216. The normalized spacial score (nSPS) is 35.3. The molecular formula is C12H22N2. The fourth-order valence-electron chi connectivity index (χ4n) is 2.67. The van der Waals surface area contributed by atoms with Crippen LogP contribution in [0.2, 0.25) is 0 Å². The summed E-state index contributed by atoms with van der Waals surface area (Å²) in [6, 6.07) is 0.304. The first-order valence-corrected chi connectivity index (χ1v) is 5.87. The van der Waals surface area contributed by atoms with Crippen molar-refractivity contribution in [2.75, 3.05) is 6.54 Å². The monoisotopic (exact) mass is 194 g/mol. The highest BCUT2D eigenvalue weighted by Crippen LogP contribution is 2.29. The molecule has 2 nitrogen and oxygen atoms in total. The Hall–Kier alpha value is -0.340. The molecule has 0 amide bonds. The predicted molar refractivity (Wildman–Crippen MR) is 60.1 cm³/mol. The molecule has 0 saturated heterocycles. The number of nitrogens with one attached hydrogen (secondary N) is 1. The van der Waals surface area contributed by atoms with Crippen LogP contribution in [0.3, 0.4) is 0 Å². The minimum Gasteiger partial charge on any atom is -0.324 e. The standard InChI is InChI=1S/C12H22N2/c1-12(6-2-3-7-12)14-9-10-4-5-11(13)8-10/h4-5,10-11,14H,2-3,6-9,13H2,1H3. The van der Waals surface area contributed by atoms with Crippen molar-refractivity contribution in [3.05, 3.63) is 12.2 Å². The van der Waals surface area contributed by atoms with Gasteiger partial charge in [-0.25, -0.2) is 0 Å². The van der Waals surface area contributed by atoms with Crippen molar-refractivity contribution in [1.82, 2.24) is 5.32 Å². The SMILES string of the molecule is CC1(NCC2C=CC(N)C2)CCCC1. The fourth-order valence-corrected chi connectivity index (χ4v) is 2.67. The van der Waals surface area contributed by atoms with Crippen LogP contribution in [0.5, 0.6) is 0 Å². The summed E-state index contributed by atoms with van der Waals surface area (Å²) >= 11 is 0. The molecule has 14 heavy (non-hydrogen) atoms. The molecule has 0 aromatic rings. The smallest absolute Gasteiger partial charge is 0.0229 e. The lowest BCUT2D eigenvalue weighted by Crippen LogP contribution is -2.42. The first-order valence-electron chi connectivity index (χ1n) is 5.87. The third-order valence-electron chi connectivity index (χ3n) is 3.70. The van der Waals surface area contributed by atoms with Crippen LogP contribution in [0, 0.1) is 5.92 Å². The van der Waals surface area contributed by atoms with Gasteiger partial charge in [-0.3, -0.25) is 0 Å². The van der Waals surface area contributed by atoms with Gasteiger partial charge in [0.2, 0.25) is 0 Å². The largest absolute Gasteiger partial charge is 0.324 e. The number of nitrogens with two attached hydrogens (primary N) is 1. The fraction of sp³-hybridized carbons (Fsp3) is 0.833. The molecule has 0 aromatic heterocycles. The van der Waals surface area contributed by atoms with Crippen LogP contribution in [-0.4, -0.2) is 18.1 Å². The van der Waals surface area contributed by atoms with Crippen molar-refractivity contribution in [3.8, 4) is 0 Å². The number of hydrogen-bond donors (Lipinski definition) is 2. The maximum atomic E-state index is 5.83. The third-order valence-corrected chi connectivity index (χ3v) is 3.70. The van der Waals surface area contributed by atoms with Crippen LogP contribution in [0.1, 0.15) is 39.0 Å². The van der Waals surface area contributed by atoms with E-state index >= 15 is 0 Å². The van der Waals surface area contributed by atoms with E-state index in [0.717, 1.165) is 13.0 Å². The number of hydrogen-bond acceptors (Lipinski definition) is 2. The molecule has 1 saturated carbocycles. The summed E-state index contributed by atoms with van der Waals surface area (Å²) in [6.45, 7) is 3.47. The Balaban J connectivity index is 1.74. The molecule has 0 aliphatic heterocycles. The topological polar surface area (TPSA) is 38.0 Å². The Morgan fingerprint density at radius 1 is 1.36 bits per heavy atom. The van der Waals surface area contributed by atoms with Gasteiger partial charge < -0.3 is 11.1 Å². The Morgan fingerprint density at radius 2 is 2.07 bits per heavy atom. The van der Waals surface area contributed by atoms with Crippen molar-refractivity contribution in [2.24, 2.45) is 11.7 Å². The Kier molecular flexibility index (Phi) is 2.93. The molecule has 2 unspecified atom stereocenters. The molecular weight excluding hydrogens is 172 g/mol. The average molecular weight is 194 g/mol. The lowest BCUT2D eigenvalue weighted by atomic mass is 9.99. The van der Waals surface area contributed by atoms with Crippen molar-refractivity contribution < 1.29 is 0 Å². The van der Waals surface area contributed by atoms with Gasteiger partial charge in [0.05, 0.1) is 0 Å². The summed E-state index contributed by atoms with van der Waals surface area (Å²) in [6.07, 6.45) is 11.0. The van der Waals surface area contributed by atoms with Gasteiger partial charge in [0.15, 0.2) is 0 Å². The zero-order valence-electron chi connectivity index (χ0n) is 9.13. The highest BCUT2D eigenvalue weighted by Gasteiger charge is 2.28. The highest BCUT2D eigenvalue weighted by molar-refractivity contribution is 5.05. The van der Waals surface area contributed by atoms with Gasteiger partial charge in [0, 0.05) is 18.1 Å². The maximum absolute atomic E-state index is 5.83. The lowest BCUT2D eigenvalue weighted by Gasteiger charge is -2.27. The van der Waals surface area contributed by atoms with Crippen LogP contribution in [0.15, 0.2) is 12.2 Å². The second kappa shape index (κ2) is 4.03. The first kappa shape index (κ1) is 10.2. The van der Waals surface area contributed by atoms with E-state index in [2.05, 4.69) is 24.4 Å². The van der Waals surface area contributed by atoms with Crippen LogP contribution < -0.4 is 11.1 Å². The minimum absolute atomic E-state index is 0.304. The maximum Gasteiger partial charge on any atom is 0.0229 e. The molecule has 3 N–H and O–H groups in total. The van der Waals surface area contributed by atoms with Crippen molar-refractivity contribution in [3.63, 3.8) is 0 Å². The first-order chi connectivity index (χ1) is 6.68. The second-order valence-electron chi connectivity index (χ2n) is 5.19. The Labute approximate surface area is 86.9 Å². The second-order valence-corrected chi connectivity index (χ2v) is 5.19. The zero-order valence-corrected chi connectivity index (χ0v) is 9.13. The molecule has 1 fully saturated rings. The van der Waals surface area contributed by atoms with E-state index in [9.17, 15) is 0 Å². The molecule has 2 heteroatoms. The minimum atomic E-state index is 0.304. The van der Waals surface area contributed by atoms with Crippen molar-refractivity contribution >= 4 is 0 Å². The van der Waals surface area contributed by atoms with E-state index in [4.69, 9.17) is 5.73 Å². The van der Waals surface area contributed by atoms with Crippen LogP contribution in [0.25, 0.3) is 0 Å². The average Bonchev–Trinajstić information content (AvgIpc) is 2.73. The molecule has 0 spiro atoms. The van der Waals surface area contributed by atoms with Crippen molar-refractivity contribution in [1.29, 1.82) is 0 Å². The zero-order chi connectivity index (χ0) is 10.0. The molecule has 2 atom stereocenters. The summed E-state index contributed by atoms with van der Waals surface area (Å²) in [4.78, 5) is 0. The van der Waals surface area contributed by atoms with Gasteiger partial charge >= 0.3 is 0 Å². The molecule has 2 aliphatic rings. The molecule has 0 radical (unpaired) electrons. The van der Waals surface area contributed by atoms with Gasteiger partial charge in [-0.1, -0.05) is 25.0 Å². The van der Waals surface area contributed by atoms with Gasteiger partial charge in [-0.2, -0.15) is 0 Å². The summed E-state index contributed by atoms with van der Waals surface area (Å²) < 4.78 is 0. The van der Waals surface area contributed by atoms with Crippen molar-refractivity contribution in [2.45, 2.75) is 50.6 Å². The highest BCUT2D eigenvalue weighted by atomic mass is 15.0. The van der Waals surface area contributed by atoms with E-state index in [1.165, 1.54) is 25.7 Å². The lowest BCUT2D eigenvalue weighted by molar-refractivity contribution is 0.343. The molecule has 2 aliphatic carbocycles. The molecule has 0 heterocycles. The Morgan fingerprint density at radius 3 is 2.64 bits per heavy atom. The predicted octanol–water partition coefficient (Wildman–Crippen LogP) is 1.81. The summed E-state index contributed by atoms with van der Waals surface area (Å²) in [5, 5.41) is 3.71. The van der Waals surface area contributed by atoms with Crippen LogP contribution in [-0.2, 0) is 0 Å². The van der Waals surface area contributed by atoms with Crippen LogP contribution in [0.4, 0.5) is 0 Å². The van der Waals surface area contributed by atoms with E-state index < -0.39 is 0 Å². The summed E-state index contributed by atoms with van der Waals surface area (Å²) in [7, 11) is 0. The van der Waals surface area contributed by atoms with Gasteiger partial charge in [0.1, 0.15) is 0 Å². The number of rotatable bonds is 3. The third kappa shape index (κ3) is 2.37. The van der Waals surface area contributed by atoms with Gasteiger partial charge in [0.25, 0.3) is 0 Å². The van der Waals surface area contributed by atoms with Gasteiger partial charge in [-0.05, 0) is 32.1 Å². The molecule has 2 rings (SSSR count). The summed E-state index contributed by atoms with van der Waals surface area (Å²) in [5.41, 5.74) is 6.24. The molecule has 0 bridgehead atoms. The van der Waals surface area contributed by atoms with Crippen LogP contribution >= 0.6 is 0 Å². The quantitative estimate of drug-likeness (QED) is 0.672. The van der Waals surface area contributed by atoms with E-state index in [0.29, 0.717) is 17.5 Å². The van der Waals surface area contributed by atoms with Gasteiger partial charge in [-0.15, -0.1) is 0 Å².